The molecule has 0 aliphatic carbocycles. The highest BCUT2D eigenvalue weighted by molar-refractivity contribution is 9.10. The summed E-state index contributed by atoms with van der Waals surface area (Å²) < 4.78 is 11.6. The number of anilines is 1. The molecule has 5 nitrogen and oxygen atoms in total. The van der Waals surface area contributed by atoms with Gasteiger partial charge in [0.1, 0.15) is 18.1 Å². The van der Waals surface area contributed by atoms with Gasteiger partial charge in [-0.15, -0.1) is 0 Å². The van der Waals surface area contributed by atoms with Gasteiger partial charge in [-0.3, -0.25) is 0 Å². The number of rotatable bonds is 6. The molecule has 2 N–H and O–H groups in total. The summed E-state index contributed by atoms with van der Waals surface area (Å²) >= 11 is 9.35. The summed E-state index contributed by atoms with van der Waals surface area (Å²) in [6.45, 7) is 0.754. The molecule has 0 spiro atoms. The Morgan fingerprint density at radius 3 is 2.61 bits per heavy atom. The van der Waals surface area contributed by atoms with E-state index in [9.17, 15) is 4.79 Å². The molecular weight excluding hydrogens is 384 g/mol. The second-order valence-electron chi connectivity index (χ2n) is 4.53. The zero-order chi connectivity index (χ0) is 16.7. The number of amides is 2. The van der Waals surface area contributed by atoms with Crippen molar-refractivity contribution in [3.63, 3.8) is 0 Å². The summed E-state index contributed by atoms with van der Waals surface area (Å²) in [7, 11) is 1.53. The summed E-state index contributed by atoms with van der Waals surface area (Å²) in [5, 5.41) is 5.82. The van der Waals surface area contributed by atoms with Crippen LogP contribution >= 0.6 is 27.5 Å². The van der Waals surface area contributed by atoms with Crippen molar-refractivity contribution in [2.24, 2.45) is 0 Å². The minimum atomic E-state index is -0.328. The molecule has 2 rings (SSSR count). The van der Waals surface area contributed by atoms with Crippen molar-refractivity contribution in [2.45, 2.75) is 0 Å². The van der Waals surface area contributed by atoms with Gasteiger partial charge in [0.2, 0.25) is 0 Å². The van der Waals surface area contributed by atoms with Crippen molar-refractivity contribution >= 4 is 39.2 Å². The Bertz CT molecular complexity index is 665. The molecule has 0 saturated heterocycles. The standard InChI is InChI=1S/C16H16BrClN2O3/c1-22-15-7-4-12(10-14(15)18)20-16(21)19-8-9-23-13-5-2-11(17)3-6-13/h2-7,10H,8-9H2,1H3,(H2,19,20,21). The van der Waals surface area contributed by atoms with Gasteiger partial charge in [0.25, 0.3) is 0 Å². The minimum Gasteiger partial charge on any atom is -0.495 e. The lowest BCUT2D eigenvalue weighted by Gasteiger charge is -2.10. The Kier molecular flexibility index (Phi) is 6.55. The van der Waals surface area contributed by atoms with Gasteiger partial charge < -0.3 is 20.1 Å². The smallest absolute Gasteiger partial charge is 0.319 e. The van der Waals surface area contributed by atoms with Crippen molar-refractivity contribution in [1.82, 2.24) is 5.32 Å². The van der Waals surface area contributed by atoms with Crippen LogP contribution in [0.25, 0.3) is 0 Å². The summed E-state index contributed by atoms with van der Waals surface area (Å²) in [6, 6.07) is 12.2. The van der Waals surface area contributed by atoms with E-state index in [2.05, 4.69) is 26.6 Å². The van der Waals surface area contributed by atoms with E-state index < -0.39 is 0 Å². The third-order valence-corrected chi connectivity index (χ3v) is 3.70. The molecule has 0 heterocycles. The highest BCUT2D eigenvalue weighted by Gasteiger charge is 2.05. The largest absolute Gasteiger partial charge is 0.495 e. The Labute approximate surface area is 148 Å². The second-order valence-corrected chi connectivity index (χ2v) is 5.86. The van der Waals surface area contributed by atoms with Crippen LogP contribution in [0, 0.1) is 0 Å². The molecule has 2 aromatic carbocycles. The average molecular weight is 400 g/mol. The molecule has 23 heavy (non-hydrogen) atoms. The Morgan fingerprint density at radius 2 is 1.96 bits per heavy atom. The molecule has 0 saturated carbocycles. The monoisotopic (exact) mass is 398 g/mol. The van der Waals surface area contributed by atoms with E-state index >= 15 is 0 Å². The molecular formula is C16H16BrClN2O3. The van der Waals surface area contributed by atoms with Gasteiger partial charge in [0.05, 0.1) is 18.7 Å². The highest BCUT2D eigenvalue weighted by Crippen LogP contribution is 2.27. The Hall–Kier alpha value is -1.92. The van der Waals surface area contributed by atoms with Crippen molar-refractivity contribution in [3.05, 3.63) is 52.0 Å². The number of methoxy groups -OCH3 is 1. The lowest BCUT2D eigenvalue weighted by molar-refractivity contribution is 0.247. The van der Waals surface area contributed by atoms with E-state index in [1.807, 2.05) is 24.3 Å². The predicted molar refractivity (Wildman–Crippen MR) is 94.7 cm³/mol. The number of hydrogen-bond donors (Lipinski definition) is 2. The second kappa shape index (κ2) is 8.64. The quantitative estimate of drug-likeness (QED) is 0.712. The highest BCUT2D eigenvalue weighted by atomic mass is 79.9. The van der Waals surface area contributed by atoms with Gasteiger partial charge in [0, 0.05) is 10.2 Å². The molecule has 2 aromatic rings. The van der Waals surface area contributed by atoms with Gasteiger partial charge in [-0.1, -0.05) is 27.5 Å². The fourth-order valence-electron chi connectivity index (χ4n) is 1.78. The number of carbonyl (C=O) groups is 1. The van der Waals surface area contributed by atoms with Crippen LogP contribution in [-0.2, 0) is 0 Å². The van der Waals surface area contributed by atoms with Gasteiger partial charge in [-0.05, 0) is 42.5 Å². The third-order valence-electron chi connectivity index (χ3n) is 2.88. The summed E-state index contributed by atoms with van der Waals surface area (Å²) in [5.41, 5.74) is 0.585. The number of carbonyl (C=O) groups excluding carboxylic acids is 1. The van der Waals surface area contributed by atoms with Crippen molar-refractivity contribution in [1.29, 1.82) is 0 Å². The first-order valence-corrected chi connectivity index (χ1v) is 8.02. The van der Waals surface area contributed by atoms with Crippen LogP contribution in [0.2, 0.25) is 5.02 Å². The Balaban J connectivity index is 1.72. The SMILES string of the molecule is COc1ccc(NC(=O)NCCOc2ccc(Br)cc2)cc1Cl. The minimum absolute atomic E-state index is 0.328. The van der Waals surface area contributed by atoms with Crippen molar-refractivity contribution in [3.8, 4) is 11.5 Å². The molecule has 0 bridgehead atoms. The normalized spacial score (nSPS) is 10.0. The molecule has 2 amide bonds. The van der Waals surface area contributed by atoms with Crippen LogP contribution in [0.1, 0.15) is 0 Å². The predicted octanol–water partition coefficient (Wildman–Crippen LogP) is 4.31. The number of halogens is 2. The van der Waals surface area contributed by atoms with Gasteiger partial charge in [-0.25, -0.2) is 4.79 Å². The van der Waals surface area contributed by atoms with Crippen LogP contribution in [-0.4, -0.2) is 26.3 Å². The zero-order valence-electron chi connectivity index (χ0n) is 12.4. The number of nitrogens with one attached hydrogen (secondary N) is 2. The van der Waals surface area contributed by atoms with Crippen LogP contribution in [0.5, 0.6) is 11.5 Å². The summed E-state index contributed by atoms with van der Waals surface area (Å²) in [5.74, 6) is 1.30. The maximum absolute atomic E-state index is 11.8. The maximum Gasteiger partial charge on any atom is 0.319 e. The maximum atomic E-state index is 11.8. The van der Waals surface area contributed by atoms with Crippen LogP contribution in [0.4, 0.5) is 10.5 Å². The van der Waals surface area contributed by atoms with E-state index in [0.717, 1.165) is 10.2 Å². The Morgan fingerprint density at radius 1 is 1.22 bits per heavy atom. The van der Waals surface area contributed by atoms with Gasteiger partial charge >= 0.3 is 6.03 Å². The molecule has 0 atom stereocenters. The zero-order valence-corrected chi connectivity index (χ0v) is 14.8. The average Bonchev–Trinajstić information content (AvgIpc) is 2.53. The molecule has 7 heteroatoms. The van der Waals surface area contributed by atoms with E-state index in [-0.39, 0.29) is 6.03 Å². The summed E-state index contributed by atoms with van der Waals surface area (Å²) in [6.07, 6.45) is 0. The van der Waals surface area contributed by atoms with E-state index in [4.69, 9.17) is 21.1 Å². The summed E-state index contributed by atoms with van der Waals surface area (Å²) in [4.78, 5) is 11.8. The number of urea groups is 1. The fourth-order valence-corrected chi connectivity index (χ4v) is 2.31. The molecule has 0 aliphatic rings. The number of hydrogen-bond acceptors (Lipinski definition) is 3. The first-order chi connectivity index (χ1) is 11.1. The third kappa shape index (κ3) is 5.65. The topological polar surface area (TPSA) is 59.6 Å². The number of ether oxygens (including phenoxy) is 2. The molecule has 0 aromatic heterocycles. The first-order valence-electron chi connectivity index (χ1n) is 6.85. The van der Waals surface area contributed by atoms with E-state index in [1.165, 1.54) is 7.11 Å². The van der Waals surface area contributed by atoms with Crippen LogP contribution in [0.3, 0.4) is 0 Å². The van der Waals surface area contributed by atoms with E-state index in [0.29, 0.717) is 29.6 Å². The van der Waals surface area contributed by atoms with Gasteiger partial charge in [-0.2, -0.15) is 0 Å². The lowest BCUT2D eigenvalue weighted by atomic mass is 10.3. The van der Waals surface area contributed by atoms with Crippen LogP contribution in [0.15, 0.2) is 46.9 Å². The molecule has 0 radical (unpaired) electrons. The van der Waals surface area contributed by atoms with Crippen molar-refractivity contribution < 1.29 is 14.3 Å². The van der Waals surface area contributed by atoms with Crippen molar-refractivity contribution in [2.75, 3.05) is 25.6 Å². The van der Waals surface area contributed by atoms with Crippen LogP contribution < -0.4 is 20.1 Å². The van der Waals surface area contributed by atoms with E-state index in [1.54, 1.807) is 18.2 Å². The van der Waals surface area contributed by atoms with Gasteiger partial charge in [0.15, 0.2) is 0 Å². The number of benzene rings is 2. The first kappa shape index (κ1) is 17.4. The molecule has 0 unspecified atom stereocenters. The molecule has 0 fully saturated rings. The molecule has 122 valence electrons. The molecule has 0 aliphatic heterocycles. The lowest BCUT2D eigenvalue weighted by Crippen LogP contribution is -2.32. The fraction of sp³-hybridized carbons (Fsp3) is 0.188.